The molecule has 1 aromatic carbocycles. The van der Waals surface area contributed by atoms with E-state index in [1.54, 1.807) is 0 Å². The normalized spacial score (nSPS) is 13.2. The van der Waals surface area contributed by atoms with E-state index in [0.717, 1.165) is 5.56 Å². The second-order valence-corrected chi connectivity index (χ2v) is 5.56. The minimum Gasteiger partial charge on any atom is -0.465 e. The van der Waals surface area contributed by atoms with Gasteiger partial charge in [-0.05, 0) is 17.9 Å². The molecule has 0 spiro atoms. The maximum atomic E-state index is 11.3. The molecule has 17 heavy (non-hydrogen) atoms. The molecular weight excluding hydrogens is 214 g/mol. The maximum absolute atomic E-state index is 11.3. The van der Waals surface area contributed by atoms with Gasteiger partial charge >= 0.3 is 6.09 Å². The molecule has 0 aliphatic rings. The first-order chi connectivity index (χ1) is 7.81. The van der Waals surface area contributed by atoms with E-state index in [4.69, 9.17) is 0 Å². The third-order valence-electron chi connectivity index (χ3n) is 2.64. The Balaban J connectivity index is 2.89. The largest absolute Gasteiger partial charge is 0.465 e. The average Bonchev–Trinajstić information content (AvgIpc) is 2.25. The summed E-state index contributed by atoms with van der Waals surface area (Å²) in [5.41, 5.74) is 0.987. The lowest BCUT2D eigenvalue weighted by atomic mass is 9.94. The predicted octanol–water partition coefficient (Wildman–Crippen LogP) is 3.77. The summed E-state index contributed by atoms with van der Waals surface area (Å²) < 4.78 is 0. The second kappa shape index (κ2) is 5.21. The van der Waals surface area contributed by atoms with Crippen molar-refractivity contribution in [2.45, 2.75) is 33.7 Å². The van der Waals surface area contributed by atoms with E-state index >= 15 is 0 Å². The zero-order valence-corrected chi connectivity index (χ0v) is 11.0. The van der Waals surface area contributed by atoms with Crippen LogP contribution in [0, 0.1) is 5.41 Å². The van der Waals surface area contributed by atoms with E-state index in [9.17, 15) is 9.90 Å². The molecule has 0 aromatic heterocycles. The SMILES string of the molecule is CC(c1ccccc1)N(CC(C)(C)C)C(=O)O. The molecule has 0 radical (unpaired) electrons. The highest BCUT2D eigenvalue weighted by molar-refractivity contribution is 5.65. The molecular formula is C14H21NO2. The second-order valence-electron chi connectivity index (χ2n) is 5.56. The van der Waals surface area contributed by atoms with Crippen molar-refractivity contribution in [1.82, 2.24) is 4.90 Å². The Bertz CT molecular complexity index is 368. The maximum Gasteiger partial charge on any atom is 0.407 e. The monoisotopic (exact) mass is 235 g/mol. The molecule has 0 aliphatic heterocycles. The van der Waals surface area contributed by atoms with E-state index < -0.39 is 6.09 Å². The lowest BCUT2D eigenvalue weighted by molar-refractivity contribution is 0.106. The van der Waals surface area contributed by atoms with Crippen LogP contribution < -0.4 is 0 Å². The van der Waals surface area contributed by atoms with Crippen LogP contribution in [0.4, 0.5) is 4.79 Å². The minimum atomic E-state index is -0.865. The summed E-state index contributed by atoms with van der Waals surface area (Å²) in [6, 6.07) is 9.61. The van der Waals surface area contributed by atoms with Gasteiger partial charge in [0.25, 0.3) is 0 Å². The van der Waals surface area contributed by atoms with Gasteiger partial charge in [-0.2, -0.15) is 0 Å². The third-order valence-corrected chi connectivity index (χ3v) is 2.64. The molecule has 1 amide bonds. The average molecular weight is 235 g/mol. The molecule has 3 heteroatoms. The van der Waals surface area contributed by atoms with Gasteiger partial charge in [0.05, 0.1) is 6.04 Å². The number of rotatable bonds is 3. The Morgan fingerprint density at radius 2 is 1.82 bits per heavy atom. The number of carbonyl (C=O) groups is 1. The molecule has 1 rings (SSSR count). The van der Waals surface area contributed by atoms with Crippen molar-refractivity contribution in [3.05, 3.63) is 35.9 Å². The molecule has 1 aromatic rings. The molecule has 0 saturated heterocycles. The van der Waals surface area contributed by atoms with Crippen molar-refractivity contribution < 1.29 is 9.90 Å². The third kappa shape index (κ3) is 4.10. The first-order valence-electron chi connectivity index (χ1n) is 5.86. The molecule has 0 saturated carbocycles. The highest BCUT2D eigenvalue weighted by Gasteiger charge is 2.25. The molecule has 0 bridgehead atoms. The Kier molecular flexibility index (Phi) is 4.16. The van der Waals surface area contributed by atoms with Gasteiger partial charge in [-0.25, -0.2) is 4.79 Å². The fraction of sp³-hybridized carbons (Fsp3) is 0.500. The van der Waals surface area contributed by atoms with Gasteiger partial charge in [0.1, 0.15) is 0 Å². The first kappa shape index (κ1) is 13.6. The zero-order chi connectivity index (χ0) is 13.1. The quantitative estimate of drug-likeness (QED) is 0.866. The number of carboxylic acid groups (broad SMARTS) is 1. The van der Waals surface area contributed by atoms with Crippen LogP contribution in [-0.4, -0.2) is 22.6 Å². The van der Waals surface area contributed by atoms with Gasteiger partial charge in [-0.15, -0.1) is 0 Å². The van der Waals surface area contributed by atoms with Crippen LogP contribution in [0.1, 0.15) is 39.3 Å². The fourth-order valence-electron chi connectivity index (χ4n) is 1.79. The zero-order valence-electron chi connectivity index (χ0n) is 11.0. The van der Waals surface area contributed by atoms with Crippen LogP contribution in [0.2, 0.25) is 0 Å². The molecule has 1 unspecified atom stereocenters. The van der Waals surface area contributed by atoms with Crippen molar-refractivity contribution in [2.75, 3.05) is 6.54 Å². The number of hydrogen-bond acceptors (Lipinski definition) is 1. The van der Waals surface area contributed by atoms with Crippen LogP contribution in [0.15, 0.2) is 30.3 Å². The van der Waals surface area contributed by atoms with Crippen LogP contribution >= 0.6 is 0 Å². The molecule has 0 aliphatic carbocycles. The Morgan fingerprint density at radius 1 is 1.29 bits per heavy atom. The van der Waals surface area contributed by atoms with Crippen LogP contribution in [0.5, 0.6) is 0 Å². The van der Waals surface area contributed by atoms with Crippen molar-refractivity contribution in [3.63, 3.8) is 0 Å². The standard InChI is InChI=1S/C14H21NO2/c1-11(12-8-6-5-7-9-12)15(13(16)17)10-14(2,3)4/h5-9,11H,10H2,1-4H3,(H,16,17). The smallest absolute Gasteiger partial charge is 0.407 e. The number of amides is 1. The lowest BCUT2D eigenvalue weighted by Crippen LogP contribution is -2.38. The summed E-state index contributed by atoms with van der Waals surface area (Å²) in [6.45, 7) is 8.58. The van der Waals surface area contributed by atoms with Gasteiger partial charge in [0, 0.05) is 6.54 Å². The molecule has 94 valence electrons. The minimum absolute atomic E-state index is 0.0402. The molecule has 0 heterocycles. The molecule has 1 N–H and O–H groups in total. The van der Waals surface area contributed by atoms with Crippen molar-refractivity contribution in [2.24, 2.45) is 5.41 Å². The molecule has 3 nitrogen and oxygen atoms in total. The number of nitrogens with zero attached hydrogens (tertiary/aromatic N) is 1. The van der Waals surface area contributed by atoms with Gasteiger partial charge in [-0.1, -0.05) is 51.1 Å². The van der Waals surface area contributed by atoms with Gasteiger partial charge in [0.15, 0.2) is 0 Å². The van der Waals surface area contributed by atoms with Crippen LogP contribution in [0.3, 0.4) is 0 Å². The van der Waals surface area contributed by atoms with Crippen molar-refractivity contribution >= 4 is 6.09 Å². The Hall–Kier alpha value is -1.51. The van der Waals surface area contributed by atoms with Gasteiger partial charge in [0.2, 0.25) is 0 Å². The summed E-state index contributed by atoms with van der Waals surface area (Å²) in [4.78, 5) is 12.8. The fourth-order valence-corrected chi connectivity index (χ4v) is 1.79. The van der Waals surface area contributed by atoms with Gasteiger partial charge in [-0.3, -0.25) is 0 Å². The van der Waals surface area contributed by atoms with E-state index in [1.165, 1.54) is 4.90 Å². The molecule has 0 fully saturated rings. The highest BCUT2D eigenvalue weighted by Crippen LogP contribution is 2.25. The number of benzene rings is 1. The Labute approximate surface area is 103 Å². The summed E-state index contributed by atoms with van der Waals surface area (Å²) in [5, 5.41) is 9.29. The first-order valence-corrected chi connectivity index (χ1v) is 5.86. The van der Waals surface area contributed by atoms with Crippen molar-refractivity contribution in [1.29, 1.82) is 0 Å². The predicted molar refractivity (Wildman–Crippen MR) is 69.0 cm³/mol. The summed E-state index contributed by atoms with van der Waals surface area (Å²) in [5.74, 6) is 0. The van der Waals surface area contributed by atoms with E-state index in [-0.39, 0.29) is 11.5 Å². The summed E-state index contributed by atoms with van der Waals surface area (Å²) in [6.07, 6.45) is -0.865. The summed E-state index contributed by atoms with van der Waals surface area (Å²) >= 11 is 0. The van der Waals surface area contributed by atoms with E-state index in [0.29, 0.717) is 6.54 Å². The van der Waals surface area contributed by atoms with Crippen molar-refractivity contribution in [3.8, 4) is 0 Å². The Morgan fingerprint density at radius 3 is 2.24 bits per heavy atom. The topological polar surface area (TPSA) is 40.5 Å². The highest BCUT2D eigenvalue weighted by atomic mass is 16.4. The summed E-state index contributed by atoms with van der Waals surface area (Å²) in [7, 11) is 0. The number of hydrogen-bond donors (Lipinski definition) is 1. The lowest BCUT2D eigenvalue weighted by Gasteiger charge is -2.32. The van der Waals surface area contributed by atoms with Crippen LogP contribution in [-0.2, 0) is 0 Å². The van der Waals surface area contributed by atoms with E-state index in [1.807, 2.05) is 58.0 Å². The van der Waals surface area contributed by atoms with Gasteiger partial charge < -0.3 is 10.0 Å². The van der Waals surface area contributed by atoms with E-state index in [2.05, 4.69) is 0 Å². The molecule has 1 atom stereocenters. The van der Waals surface area contributed by atoms with Crippen LogP contribution in [0.25, 0.3) is 0 Å².